The molecule has 1 unspecified atom stereocenters. The van der Waals surface area contributed by atoms with Crippen molar-refractivity contribution in [1.29, 1.82) is 0 Å². The Hall–Kier alpha value is -2.56. The molecule has 0 spiro atoms. The fourth-order valence-electron chi connectivity index (χ4n) is 2.62. The van der Waals surface area contributed by atoms with Crippen LogP contribution >= 0.6 is 0 Å². The van der Waals surface area contributed by atoms with E-state index in [4.69, 9.17) is 4.42 Å². The number of aromatic nitrogens is 2. The molecule has 0 saturated heterocycles. The minimum Gasteiger partial charge on any atom is -0.459 e. The van der Waals surface area contributed by atoms with E-state index in [1.54, 1.807) is 11.1 Å². The molecular weight excluding hydrogens is 290 g/mol. The minimum atomic E-state index is -0.0837. The molecule has 3 rings (SSSR count). The third kappa shape index (κ3) is 3.44. The van der Waals surface area contributed by atoms with Crippen molar-refractivity contribution in [1.82, 2.24) is 14.7 Å². The van der Waals surface area contributed by atoms with Crippen LogP contribution in [0.3, 0.4) is 0 Å². The summed E-state index contributed by atoms with van der Waals surface area (Å²) in [5, 5.41) is 5.21. The Labute approximate surface area is 135 Å². The third-order valence-corrected chi connectivity index (χ3v) is 4.17. The van der Waals surface area contributed by atoms with Crippen LogP contribution in [0.4, 0.5) is 0 Å². The quantitative estimate of drug-likeness (QED) is 0.698. The molecular formula is C18H21N3O2. The van der Waals surface area contributed by atoms with Crippen molar-refractivity contribution in [2.45, 2.75) is 32.4 Å². The Bertz CT molecular complexity index is 744. The van der Waals surface area contributed by atoms with Gasteiger partial charge in [-0.05, 0) is 31.5 Å². The van der Waals surface area contributed by atoms with Gasteiger partial charge in [-0.25, -0.2) is 0 Å². The second kappa shape index (κ2) is 6.69. The molecule has 0 aliphatic carbocycles. The lowest BCUT2D eigenvalue weighted by atomic mass is 10.2. The average molecular weight is 311 g/mol. The van der Waals surface area contributed by atoms with E-state index < -0.39 is 0 Å². The number of aryl methyl sites for hydroxylation is 1. The zero-order chi connectivity index (χ0) is 16.2. The summed E-state index contributed by atoms with van der Waals surface area (Å²) in [4.78, 5) is 14.1. The van der Waals surface area contributed by atoms with Crippen LogP contribution in [0.2, 0.25) is 0 Å². The molecule has 5 heteroatoms. The van der Waals surface area contributed by atoms with Gasteiger partial charge < -0.3 is 9.32 Å². The fraction of sp³-hybridized carbons (Fsp3) is 0.333. The molecule has 1 aromatic carbocycles. The summed E-state index contributed by atoms with van der Waals surface area (Å²) in [6.45, 7) is 2.74. The Morgan fingerprint density at radius 2 is 2.17 bits per heavy atom. The van der Waals surface area contributed by atoms with Crippen LogP contribution in [-0.4, -0.2) is 27.6 Å². The van der Waals surface area contributed by atoms with Crippen molar-refractivity contribution in [3.8, 4) is 0 Å². The molecule has 0 saturated carbocycles. The standard InChI is InChI=1S/C18H21N3O2/c1-14(17-13-15-7-3-4-8-16(15)23-17)20(2)18(22)9-5-11-21-12-6-10-19-21/h3-4,6-8,10,12-14H,5,9,11H2,1-2H3. The first-order valence-electron chi connectivity index (χ1n) is 7.86. The molecule has 5 nitrogen and oxygen atoms in total. The molecule has 120 valence electrons. The molecule has 0 fully saturated rings. The number of para-hydroxylation sites is 1. The molecule has 0 aliphatic rings. The number of nitrogens with zero attached hydrogens (tertiary/aromatic N) is 3. The highest BCUT2D eigenvalue weighted by Crippen LogP contribution is 2.27. The molecule has 0 bridgehead atoms. The van der Waals surface area contributed by atoms with E-state index in [0.29, 0.717) is 6.42 Å². The molecule has 0 aliphatic heterocycles. The number of carbonyl (C=O) groups is 1. The smallest absolute Gasteiger partial charge is 0.222 e. The maximum absolute atomic E-state index is 12.4. The Kier molecular flexibility index (Phi) is 4.46. The first kappa shape index (κ1) is 15.3. The van der Waals surface area contributed by atoms with Crippen LogP contribution in [0.1, 0.15) is 31.6 Å². The van der Waals surface area contributed by atoms with Gasteiger partial charge in [-0.15, -0.1) is 0 Å². The number of hydrogen-bond donors (Lipinski definition) is 0. The number of carbonyl (C=O) groups excluding carboxylic acids is 1. The zero-order valence-electron chi connectivity index (χ0n) is 13.5. The van der Waals surface area contributed by atoms with E-state index >= 15 is 0 Å². The van der Waals surface area contributed by atoms with Gasteiger partial charge >= 0.3 is 0 Å². The second-order valence-corrected chi connectivity index (χ2v) is 5.74. The summed E-state index contributed by atoms with van der Waals surface area (Å²) in [6, 6.07) is 11.7. The van der Waals surface area contributed by atoms with E-state index in [9.17, 15) is 4.79 Å². The van der Waals surface area contributed by atoms with Gasteiger partial charge in [0.05, 0.1) is 6.04 Å². The normalized spacial score (nSPS) is 12.4. The van der Waals surface area contributed by atoms with Crippen molar-refractivity contribution in [2.24, 2.45) is 0 Å². The summed E-state index contributed by atoms with van der Waals surface area (Å²) < 4.78 is 7.70. The minimum absolute atomic E-state index is 0.0837. The number of amides is 1. The van der Waals surface area contributed by atoms with E-state index in [1.807, 2.05) is 61.2 Å². The first-order valence-corrected chi connectivity index (χ1v) is 7.86. The number of furan rings is 1. The van der Waals surface area contributed by atoms with E-state index in [1.165, 1.54) is 0 Å². The predicted octanol–water partition coefficient (Wildman–Crippen LogP) is 3.63. The van der Waals surface area contributed by atoms with Gasteiger partial charge in [-0.3, -0.25) is 9.48 Å². The first-order chi connectivity index (χ1) is 11.1. The van der Waals surface area contributed by atoms with Gasteiger partial charge in [0.25, 0.3) is 0 Å². The van der Waals surface area contributed by atoms with Crippen molar-refractivity contribution in [2.75, 3.05) is 7.05 Å². The number of benzene rings is 1. The molecule has 0 radical (unpaired) electrons. The Morgan fingerprint density at radius 1 is 1.35 bits per heavy atom. The second-order valence-electron chi connectivity index (χ2n) is 5.74. The lowest BCUT2D eigenvalue weighted by molar-refractivity contribution is -0.132. The van der Waals surface area contributed by atoms with Crippen molar-refractivity contribution in [3.05, 3.63) is 54.6 Å². The average Bonchev–Trinajstić information content (AvgIpc) is 3.22. The Balaban J connectivity index is 1.59. The van der Waals surface area contributed by atoms with Crippen molar-refractivity contribution >= 4 is 16.9 Å². The van der Waals surface area contributed by atoms with Gasteiger partial charge in [0, 0.05) is 37.8 Å². The molecule has 2 heterocycles. The van der Waals surface area contributed by atoms with Crippen LogP contribution in [0, 0.1) is 0 Å². The highest BCUT2D eigenvalue weighted by molar-refractivity contribution is 5.79. The number of rotatable bonds is 6. The summed E-state index contributed by atoms with van der Waals surface area (Å²) in [7, 11) is 1.83. The third-order valence-electron chi connectivity index (χ3n) is 4.17. The maximum atomic E-state index is 12.4. The van der Waals surface area contributed by atoms with Gasteiger partial charge in [0.15, 0.2) is 0 Å². The molecule has 23 heavy (non-hydrogen) atoms. The summed E-state index contributed by atoms with van der Waals surface area (Å²) in [5.74, 6) is 0.930. The van der Waals surface area contributed by atoms with Crippen LogP contribution < -0.4 is 0 Å². The number of fused-ring (bicyclic) bond motifs is 1. The SMILES string of the molecule is CC(c1cc2ccccc2o1)N(C)C(=O)CCCn1cccn1. The van der Waals surface area contributed by atoms with Crippen molar-refractivity contribution < 1.29 is 9.21 Å². The van der Waals surface area contributed by atoms with Crippen LogP contribution in [-0.2, 0) is 11.3 Å². The van der Waals surface area contributed by atoms with Crippen LogP contribution in [0.5, 0.6) is 0 Å². The van der Waals surface area contributed by atoms with Gasteiger partial charge in [-0.2, -0.15) is 5.10 Å². The monoisotopic (exact) mass is 311 g/mol. The lowest BCUT2D eigenvalue weighted by Gasteiger charge is -2.23. The number of hydrogen-bond acceptors (Lipinski definition) is 3. The maximum Gasteiger partial charge on any atom is 0.222 e. The highest BCUT2D eigenvalue weighted by atomic mass is 16.3. The zero-order valence-corrected chi connectivity index (χ0v) is 13.5. The fourth-order valence-corrected chi connectivity index (χ4v) is 2.62. The van der Waals surface area contributed by atoms with Gasteiger partial charge in [0.2, 0.25) is 5.91 Å². The summed E-state index contributed by atoms with van der Waals surface area (Å²) in [6.07, 6.45) is 4.93. The molecule has 1 amide bonds. The molecule has 3 aromatic rings. The lowest BCUT2D eigenvalue weighted by Crippen LogP contribution is -2.29. The topological polar surface area (TPSA) is 51.3 Å². The Morgan fingerprint density at radius 3 is 2.91 bits per heavy atom. The molecule has 0 N–H and O–H groups in total. The largest absolute Gasteiger partial charge is 0.459 e. The highest BCUT2D eigenvalue weighted by Gasteiger charge is 2.20. The van der Waals surface area contributed by atoms with Crippen LogP contribution in [0.25, 0.3) is 11.0 Å². The summed E-state index contributed by atoms with van der Waals surface area (Å²) >= 11 is 0. The molecule has 1 atom stereocenters. The summed E-state index contributed by atoms with van der Waals surface area (Å²) in [5.41, 5.74) is 0.855. The van der Waals surface area contributed by atoms with E-state index in [0.717, 1.165) is 29.7 Å². The van der Waals surface area contributed by atoms with Gasteiger partial charge in [0.1, 0.15) is 11.3 Å². The van der Waals surface area contributed by atoms with Crippen molar-refractivity contribution in [3.63, 3.8) is 0 Å². The molecule has 2 aromatic heterocycles. The van der Waals surface area contributed by atoms with E-state index in [2.05, 4.69) is 5.10 Å². The van der Waals surface area contributed by atoms with Gasteiger partial charge in [-0.1, -0.05) is 18.2 Å². The van der Waals surface area contributed by atoms with E-state index in [-0.39, 0.29) is 11.9 Å². The predicted molar refractivity (Wildman–Crippen MR) is 88.9 cm³/mol. The van der Waals surface area contributed by atoms with Crippen LogP contribution in [0.15, 0.2) is 53.2 Å².